The van der Waals surface area contributed by atoms with E-state index >= 15 is 0 Å². The molecule has 1 rings (SSSR count). The quantitative estimate of drug-likeness (QED) is 0.658. The molecule has 0 bridgehead atoms. The summed E-state index contributed by atoms with van der Waals surface area (Å²) in [5.74, 6) is 0. The van der Waals surface area contributed by atoms with Crippen molar-refractivity contribution in [3.05, 3.63) is 35.9 Å². The molecule has 1 atom stereocenters. The van der Waals surface area contributed by atoms with Crippen LogP contribution in [0, 0.1) is 0 Å². The van der Waals surface area contributed by atoms with Gasteiger partial charge in [-0.15, -0.1) is 0 Å². The van der Waals surface area contributed by atoms with Crippen molar-refractivity contribution in [2.75, 3.05) is 20.0 Å². The van der Waals surface area contributed by atoms with Gasteiger partial charge in [0.2, 0.25) is 0 Å². The predicted molar refractivity (Wildman–Crippen MR) is 66.7 cm³/mol. The van der Waals surface area contributed by atoms with E-state index in [0.717, 1.165) is 5.56 Å². The normalized spacial score (nSPS) is 16.7. The zero-order valence-electron chi connectivity index (χ0n) is 9.21. The van der Waals surface area contributed by atoms with Gasteiger partial charge in [-0.25, -0.2) is 0 Å². The third-order valence-electron chi connectivity index (χ3n) is 1.90. The first-order valence-electron chi connectivity index (χ1n) is 4.62. The van der Waals surface area contributed by atoms with E-state index in [4.69, 9.17) is 8.52 Å². The Bertz CT molecular complexity index is 356. The summed E-state index contributed by atoms with van der Waals surface area (Å²) in [7, 11) is 0. The molecule has 0 aliphatic carbocycles. The molecule has 0 fully saturated rings. The fraction of sp³-hybridized carbons (Fsp3) is 0.400. The molecule has 0 aromatic heterocycles. The predicted octanol–water partition coefficient (Wildman–Crippen LogP) is 2.70. The van der Waals surface area contributed by atoms with E-state index in [1.165, 1.54) is 0 Å². The zero-order chi connectivity index (χ0) is 11.6. The molecule has 1 aromatic rings. The molecule has 0 aliphatic rings. The summed E-state index contributed by atoms with van der Waals surface area (Å²) in [4.78, 5) is 0. The van der Waals surface area contributed by atoms with Gasteiger partial charge in [-0.1, -0.05) is 0 Å². The summed E-state index contributed by atoms with van der Waals surface area (Å²) in [6.07, 6.45) is 0.707. The van der Waals surface area contributed by atoms with Crippen molar-refractivity contribution in [2.24, 2.45) is 0 Å². The van der Waals surface area contributed by atoms with Crippen molar-refractivity contribution < 1.29 is 12.7 Å². The van der Waals surface area contributed by atoms with Gasteiger partial charge in [0.25, 0.3) is 0 Å². The van der Waals surface area contributed by atoms with Crippen LogP contribution in [0.4, 0.5) is 0 Å². The molecule has 0 heterocycles. The Balaban J connectivity index is 2.83. The fourth-order valence-electron chi connectivity index (χ4n) is 1.47. The molecule has 5 heteroatoms. The summed E-state index contributed by atoms with van der Waals surface area (Å²) in [6.45, 7) is 3.29. The van der Waals surface area contributed by atoms with Crippen LogP contribution in [-0.2, 0) is 21.5 Å². The molecule has 1 unspecified atom stereocenters. The van der Waals surface area contributed by atoms with Crippen molar-refractivity contribution in [3.63, 3.8) is 0 Å². The second-order valence-corrected chi connectivity index (χ2v) is 12.2. The molecule has 15 heavy (non-hydrogen) atoms. The van der Waals surface area contributed by atoms with Gasteiger partial charge in [-0.05, 0) is 0 Å². The Morgan fingerprint density at radius 1 is 1.27 bits per heavy atom. The van der Waals surface area contributed by atoms with Gasteiger partial charge in [0.1, 0.15) is 0 Å². The molecule has 0 amide bonds. The number of hydrogen-bond donors (Lipinski definition) is 1. The molecule has 3 nitrogen and oxygen atoms in total. The van der Waals surface area contributed by atoms with Gasteiger partial charge in [0, 0.05) is 0 Å². The van der Waals surface area contributed by atoms with Gasteiger partial charge in [0.15, 0.2) is 0 Å². The van der Waals surface area contributed by atoms with Crippen LogP contribution in [-0.4, -0.2) is 28.8 Å². The third kappa shape index (κ3) is 4.85. The van der Waals surface area contributed by atoms with Crippen LogP contribution in [0.3, 0.4) is 0 Å². The first-order chi connectivity index (χ1) is 6.76. The van der Waals surface area contributed by atoms with Gasteiger partial charge in [-0.3, -0.25) is 0 Å². The standard InChI is InChI=1S/C10H17O3PS/c1-14(2,3,13-15(11)12)9-10-7-5-4-6-8-10/h4-8H,9H2,1-3H3,(H,11,12). The fourth-order valence-corrected chi connectivity index (χ4v) is 5.03. The van der Waals surface area contributed by atoms with Gasteiger partial charge in [-0.2, -0.15) is 0 Å². The van der Waals surface area contributed by atoms with E-state index in [0.29, 0.717) is 6.16 Å². The Labute approximate surface area is 93.3 Å². The summed E-state index contributed by atoms with van der Waals surface area (Å²) in [6, 6.07) is 9.86. The zero-order valence-corrected chi connectivity index (χ0v) is 10.9. The van der Waals surface area contributed by atoms with Crippen LogP contribution in [0.5, 0.6) is 0 Å². The average molecular weight is 248 g/mol. The van der Waals surface area contributed by atoms with Crippen molar-refractivity contribution in [2.45, 2.75) is 6.16 Å². The monoisotopic (exact) mass is 248 g/mol. The van der Waals surface area contributed by atoms with Crippen molar-refractivity contribution in [1.82, 2.24) is 0 Å². The molecule has 0 saturated carbocycles. The maximum absolute atomic E-state index is 10.7. The van der Waals surface area contributed by atoms with Crippen molar-refractivity contribution in [1.29, 1.82) is 0 Å². The summed E-state index contributed by atoms with van der Waals surface area (Å²) >= 11 is -2.19. The van der Waals surface area contributed by atoms with E-state index in [1.807, 2.05) is 50.3 Å². The minimum absolute atomic E-state index is 0.707. The van der Waals surface area contributed by atoms with Crippen LogP contribution in [0.15, 0.2) is 30.3 Å². The molecule has 0 saturated heterocycles. The Morgan fingerprint density at radius 2 is 1.80 bits per heavy atom. The molecule has 1 N–H and O–H groups in total. The molecule has 86 valence electrons. The number of benzene rings is 1. The molecular weight excluding hydrogens is 231 g/mol. The molecule has 0 radical (unpaired) electrons. The van der Waals surface area contributed by atoms with E-state index < -0.39 is 18.2 Å². The first-order valence-corrected chi connectivity index (χ1v) is 9.33. The Morgan fingerprint density at radius 3 is 2.27 bits per heavy atom. The van der Waals surface area contributed by atoms with Crippen molar-refractivity contribution >= 4 is 18.2 Å². The van der Waals surface area contributed by atoms with Crippen molar-refractivity contribution in [3.8, 4) is 0 Å². The van der Waals surface area contributed by atoms with Gasteiger partial charge >= 0.3 is 93.0 Å². The van der Waals surface area contributed by atoms with E-state index in [2.05, 4.69) is 0 Å². The van der Waals surface area contributed by atoms with E-state index in [-0.39, 0.29) is 0 Å². The summed E-state index contributed by atoms with van der Waals surface area (Å²) < 4.78 is 24.7. The third-order valence-corrected chi connectivity index (χ3v) is 6.07. The summed E-state index contributed by atoms with van der Waals surface area (Å²) in [5, 5.41) is 0. The summed E-state index contributed by atoms with van der Waals surface area (Å²) in [5.41, 5.74) is 1.13. The molecular formula is C10H17O3PS. The second-order valence-electron chi connectivity index (χ2n) is 4.90. The molecule has 0 aliphatic heterocycles. The van der Waals surface area contributed by atoms with E-state index in [9.17, 15) is 4.21 Å². The van der Waals surface area contributed by atoms with Gasteiger partial charge in [0.05, 0.1) is 0 Å². The Hall–Kier alpha value is -0.280. The number of rotatable bonds is 4. The minimum atomic E-state index is -2.53. The average Bonchev–Trinajstić information content (AvgIpc) is 2.00. The van der Waals surface area contributed by atoms with Crippen LogP contribution in [0.1, 0.15) is 5.56 Å². The van der Waals surface area contributed by atoms with Crippen LogP contribution in [0.2, 0.25) is 0 Å². The van der Waals surface area contributed by atoms with Gasteiger partial charge < -0.3 is 0 Å². The second kappa shape index (κ2) is 4.30. The van der Waals surface area contributed by atoms with Crippen LogP contribution >= 0.6 is 6.83 Å². The maximum atomic E-state index is 10.7. The molecule has 1 aromatic carbocycles. The van der Waals surface area contributed by atoms with E-state index in [1.54, 1.807) is 0 Å². The SMILES string of the molecule is CP(C)(C)(Cc1ccccc1)OS(=O)O. The Kier molecular flexibility index (Phi) is 3.67. The van der Waals surface area contributed by atoms with Crippen LogP contribution in [0.25, 0.3) is 0 Å². The molecule has 0 spiro atoms. The number of hydrogen-bond acceptors (Lipinski definition) is 2. The van der Waals surface area contributed by atoms with Crippen LogP contribution < -0.4 is 0 Å². The first kappa shape index (κ1) is 12.8. The topological polar surface area (TPSA) is 46.5 Å².